The normalized spacial score (nSPS) is 16.8. The zero-order chi connectivity index (χ0) is 18.4. The Bertz CT molecular complexity index is 606. The summed E-state index contributed by atoms with van der Waals surface area (Å²) in [6, 6.07) is 4.94. The molecule has 1 aromatic rings. The average molecular weight is 355 g/mol. The van der Waals surface area contributed by atoms with E-state index in [1.54, 1.807) is 16.8 Å². The summed E-state index contributed by atoms with van der Waals surface area (Å²) in [5.41, 5.74) is 11.4. The molecule has 0 aliphatic carbocycles. The van der Waals surface area contributed by atoms with Crippen LogP contribution in [0, 0.1) is 0 Å². The summed E-state index contributed by atoms with van der Waals surface area (Å²) in [6.45, 7) is 6.59. The van der Waals surface area contributed by atoms with Crippen LogP contribution in [0.2, 0.25) is 0 Å². The standard InChI is InChI=1S/C23H34N2O/c1-2-18(10-6-4-3-5-7-13-22(24)26)21-16-19-11-8-14-25-15-9-12-20(17-21)23(19)25/h2,16-18H,1,3-15H2,(H2,24,26). The molecule has 0 saturated carbocycles. The van der Waals surface area contributed by atoms with Crippen molar-refractivity contribution in [1.29, 1.82) is 0 Å². The van der Waals surface area contributed by atoms with Gasteiger partial charge in [-0.1, -0.05) is 43.9 Å². The topological polar surface area (TPSA) is 46.3 Å². The SMILES string of the molecule is C=CC(CCCCCCCC(N)=O)c1cc2c3c(c1)CCCN3CCC2. The molecule has 0 radical (unpaired) electrons. The number of nitrogens with two attached hydrogens (primary N) is 1. The number of benzene rings is 1. The number of rotatable bonds is 10. The van der Waals surface area contributed by atoms with Gasteiger partial charge < -0.3 is 10.6 Å². The molecule has 0 saturated heterocycles. The zero-order valence-electron chi connectivity index (χ0n) is 16.1. The molecule has 0 fully saturated rings. The summed E-state index contributed by atoms with van der Waals surface area (Å²) >= 11 is 0. The second-order valence-electron chi connectivity index (χ2n) is 8.00. The Morgan fingerprint density at radius 3 is 2.31 bits per heavy atom. The van der Waals surface area contributed by atoms with Gasteiger partial charge in [-0.05, 0) is 55.2 Å². The van der Waals surface area contributed by atoms with Gasteiger partial charge >= 0.3 is 0 Å². The van der Waals surface area contributed by atoms with Gasteiger partial charge in [0.2, 0.25) is 5.91 Å². The van der Waals surface area contributed by atoms with Crippen molar-refractivity contribution in [2.45, 2.75) is 76.5 Å². The van der Waals surface area contributed by atoms with Crippen molar-refractivity contribution in [2.75, 3.05) is 18.0 Å². The molecule has 142 valence electrons. The molecule has 1 unspecified atom stereocenters. The molecule has 2 heterocycles. The van der Waals surface area contributed by atoms with Gasteiger partial charge in [0, 0.05) is 31.1 Å². The van der Waals surface area contributed by atoms with E-state index < -0.39 is 0 Å². The Hall–Kier alpha value is -1.77. The molecule has 1 aromatic carbocycles. The number of carbonyl (C=O) groups excluding carboxylic acids is 1. The smallest absolute Gasteiger partial charge is 0.217 e. The average Bonchev–Trinajstić information content (AvgIpc) is 2.64. The van der Waals surface area contributed by atoms with Crippen LogP contribution in [0.5, 0.6) is 0 Å². The predicted molar refractivity (Wildman–Crippen MR) is 110 cm³/mol. The van der Waals surface area contributed by atoms with E-state index in [9.17, 15) is 4.79 Å². The highest BCUT2D eigenvalue weighted by atomic mass is 16.1. The number of anilines is 1. The highest BCUT2D eigenvalue weighted by Gasteiger charge is 2.25. The van der Waals surface area contributed by atoms with Crippen molar-refractivity contribution < 1.29 is 4.79 Å². The van der Waals surface area contributed by atoms with Crippen LogP contribution in [-0.2, 0) is 17.6 Å². The summed E-state index contributed by atoms with van der Waals surface area (Å²) in [7, 11) is 0. The van der Waals surface area contributed by atoms with Crippen LogP contribution in [0.15, 0.2) is 24.8 Å². The van der Waals surface area contributed by atoms with E-state index >= 15 is 0 Å². The molecule has 26 heavy (non-hydrogen) atoms. The van der Waals surface area contributed by atoms with Crippen molar-refractivity contribution in [3.05, 3.63) is 41.5 Å². The number of primary amides is 1. The summed E-state index contributed by atoms with van der Waals surface area (Å²) in [6.07, 6.45) is 14.6. The lowest BCUT2D eigenvalue weighted by Gasteiger charge is -2.37. The monoisotopic (exact) mass is 354 g/mol. The zero-order valence-corrected chi connectivity index (χ0v) is 16.1. The first-order valence-electron chi connectivity index (χ1n) is 10.5. The van der Waals surface area contributed by atoms with E-state index in [2.05, 4.69) is 29.7 Å². The van der Waals surface area contributed by atoms with E-state index in [1.165, 1.54) is 70.0 Å². The maximum atomic E-state index is 10.8. The van der Waals surface area contributed by atoms with Gasteiger partial charge in [-0.15, -0.1) is 6.58 Å². The van der Waals surface area contributed by atoms with Crippen LogP contribution < -0.4 is 10.6 Å². The van der Waals surface area contributed by atoms with Crippen molar-refractivity contribution >= 4 is 11.6 Å². The van der Waals surface area contributed by atoms with E-state index in [0.717, 1.165) is 12.8 Å². The molecule has 2 aliphatic heterocycles. The highest BCUT2D eigenvalue weighted by Crippen LogP contribution is 2.38. The quantitative estimate of drug-likeness (QED) is 0.481. The van der Waals surface area contributed by atoms with Crippen molar-refractivity contribution in [2.24, 2.45) is 5.73 Å². The minimum absolute atomic E-state index is 0.174. The molecule has 3 heteroatoms. The number of unbranched alkanes of at least 4 members (excludes halogenated alkanes) is 4. The minimum Gasteiger partial charge on any atom is -0.371 e. The van der Waals surface area contributed by atoms with Crippen LogP contribution in [0.4, 0.5) is 5.69 Å². The van der Waals surface area contributed by atoms with Gasteiger partial charge in [0.25, 0.3) is 0 Å². The summed E-state index contributed by atoms with van der Waals surface area (Å²) < 4.78 is 0. The number of allylic oxidation sites excluding steroid dienone is 1. The van der Waals surface area contributed by atoms with Gasteiger partial charge in [0.1, 0.15) is 0 Å². The predicted octanol–water partition coefficient (Wildman–Crippen LogP) is 4.87. The van der Waals surface area contributed by atoms with Crippen molar-refractivity contribution in [3.8, 4) is 0 Å². The fourth-order valence-corrected chi connectivity index (χ4v) is 4.66. The molecule has 0 bridgehead atoms. The van der Waals surface area contributed by atoms with Crippen LogP contribution >= 0.6 is 0 Å². The molecule has 1 atom stereocenters. The molecular weight excluding hydrogens is 320 g/mol. The first-order valence-corrected chi connectivity index (χ1v) is 10.5. The number of amides is 1. The molecule has 2 N–H and O–H groups in total. The lowest BCUT2D eigenvalue weighted by molar-refractivity contribution is -0.118. The second-order valence-corrected chi connectivity index (χ2v) is 8.00. The summed E-state index contributed by atoms with van der Waals surface area (Å²) in [5, 5.41) is 0. The molecule has 1 amide bonds. The van der Waals surface area contributed by atoms with Crippen molar-refractivity contribution in [1.82, 2.24) is 0 Å². The highest BCUT2D eigenvalue weighted by molar-refractivity contribution is 5.73. The molecule has 2 aliphatic rings. The minimum atomic E-state index is -0.174. The van der Waals surface area contributed by atoms with Gasteiger partial charge in [-0.2, -0.15) is 0 Å². The van der Waals surface area contributed by atoms with Gasteiger partial charge in [0.05, 0.1) is 0 Å². The Balaban J connectivity index is 1.55. The third kappa shape index (κ3) is 4.69. The molecule has 0 spiro atoms. The largest absolute Gasteiger partial charge is 0.371 e. The maximum absolute atomic E-state index is 10.8. The maximum Gasteiger partial charge on any atom is 0.217 e. The van der Waals surface area contributed by atoms with Gasteiger partial charge in [-0.3, -0.25) is 4.79 Å². The van der Waals surface area contributed by atoms with Crippen LogP contribution in [-0.4, -0.2) is 19.0 Å². The van der Waals surface area contributed by atoms with Gasteiger partial charge in [0.15, 0.2) is 0 Å². The second kappa shape index (κ2) is 9.25. The number of aryl methyl sites for hydroxylation is 2. The number of nitrogens with zero attached hydrogens (tertiary/aromatic N) is 1. The molecule has 0 aromatic heterocycles. The van der Waals surface area contributed by atoms with Gasteiger partial charge in [-0.25, -0.2) is 0 Å². The molecule has 3 nitrogen and oxygen atoms in total. The van der Waals surface area contributed by atoms with E-state index in [0.29, 0.717) is 12.3 Å². The number of hydrogen-bond donors (Lipinski definition) is 1. The lowest BCUT2D eigenvalue weighted by Crippen LogP contribution is -2.34. The Morgan fingerprint density at radius 2 is 1.69 bits per heavy atom. The first kappa shape index (κ1) is 19.0. The number of hydrogen-bond acceptors (Lipinski definition) is 2. The Morgan fingerprint density at radius 1 is 1.08 bits per heavy atom. The summed E-state index contributed by atoms with van der Waals surface area (Å²) in [4.78, 5) is 13.4. The fourth-order valence-electron chi connectivity index (χ4n) is 4.66. The number of carbonyl (C=O) groups is 1. The van der Waals surface area contributed by atoms with Crippen molar-refractivity contribution in [3.63, 3.8) is 0 Å². The van der Waals surface area contributed by atoms with E-state index in [1.807, 2.05) is 0 Å². The summed E-state index contributed by atoms with van der Waals surface area (Å²) in [5.74, 6) is 0.297. The lowest BCUT2D eigenvalue weighted by atomic mass is 9.85. The van der Waals surface area contributed by atoms with Crippen LogP contribution in [0.25, 0.3) is 0 Å². The Labute approximate surface area is 158 Å². The Kier molecular flexibility index (Phi) is 6.76. The van der Waals surface area contributed by atoms with E-state index in [-0.39, 0.29) is 5.91 Å². The molecular formula is C23H34N2O. The van der Waals surface area contributed by atoms with Crippen LogP contribution in [0.1, 0.15) is 80.4 Å². The third-order valence-corrected chi connectivity index (χ3v) is 6.01. The van der Waals surface area contributed by atoms with E-state index in [4.69, 9.17) is 5.73 Å². The first-order chi connectivity index (χ1) is 12.7. The third-order valence-electron chi connectivity index (χ3n) is 6.01. The van der Waals surface area contributed by atoms with Crippen LogP contribution in [0.3, 0.4) is 0 Å². The fraction of sp³-hybridized carbons (Fsp3) is 0.609. The molecule has 3 rings (SSSR count).